The Kier molecular flexibility index (Phi) is 5.79. The van der Waals surface area contributed by atoms with Crippen LogP contribution in [0.25, 0.3) is 11.0 Å². The molecule has 9 nitrogen and oxygen atoms in total. The quantitative estimate of drug-likeness (QED) is 0.522. The number of aliphatic carboxylic acids is 1. The lowest BCUT2D eigenvalue weighted by molar-refractivity contribution is -0.140. The zero-order chi connectivity index (χ0) is 18.7. The molecule has 12 heteroatoms. The molecule has 1 aliphatic rings. The van der Waals surface area contributed by atoms with Crippen molar-refractivity contribution in [3.63, 3.8) is 0 Å². The lowest BCUT2D eigenvalue weighted by atomic mass is 10.2. The van der Waals surface area contributed by atoms with E-state index in [1.807, 2.05) is 0 Å². The molecule has 0 bridgehead atoms. The maximum atomic E-state index is 11.3. The van der Waals surface area contributed by atoms with Crippen LogP contribution in [0.2, 0.25) is 5.02 Å². The molecule has 0 aliphatic carbocycles. The second-order valence-corrected chi connectivity index (χ2v) is 7.37. The standard InChI is InChI=1S/C14H15ClN6O3S2/c1-6(22)18-8(13(23)24)5-25-9-4-7(15)10(12-11(9)20-26-21-12)19-14-16-2-3-17-14/h4,8H,2-3,5H2,1H3,(H,18,22)(H,23,24)(H2,16,17,19)/t8-/m0/s1. The van der Waals surface area contributed by atoms with Crippen molar-refractivity contribution in [2.45, 2.75) is 17.9 Å². The van der Waals surface area contributed by atoms with Crippen LogP contribution >= 0.6 is 35.1 Å². The highest BCUT2D eigenvalue weighted by Crippen LogP contribution is 2.37. The molecule has 2 aromatic rings. The summed E-state index contributed by atoms with van der Waals surface area (Å²) in [5, 5.41) is 18.3. The minimum absolute atomic E-state index is 0.138. The second-order valence-electron chi connectivity index (χ2n) is 5.38. The molecular weight excluding hydrogens is 400 g/mol. The van der Waals surface area contributed by atoms with E-state index >= 15 is 0 Å². The lowest BCUT2D eigenvalue weighted by Crippen LogP contribution is -2.41. The van der Waals surface area contributed by atoms with Crippen molar-refractivity contribution in [1.82, 2.24) is 19.4 Å². The van der Waals surface area contributed by atoms with Gasteiger partial charge < -0.3 is 21.1 Å². The number of anilines is 1. The molecule has 2 heterocycles. The monoisotopic (exact) mass is 414 g/mol. The molecule has 1 aliphatic heterocycles. The summed E-state index contributed by atoms with van der Waals surface area (Å²) in [7, 11) is 0. The summed E-state index contributed by atoms with van der Waals surface area (Å²) in [6.45, 7) is 2.72. The van der Waals surface area contributed by atoms with Crippen LogP contribution in [-0.2, 0) is 9.59 Å². The zero-order valence-corrected chi connectivity index (χ0v) is 16.0. The van der Waals surface area contributed by atoms with Crippen molar-refractivity contribution >= 4 is 69.6 Å². The maximum absolute atomic E-state index is 11.3. The third kappa shape index (κ3) is 4.17. The van der Waals surface area contributed by atoms with Crippen molar-refractivity contribution in [1.29, 1.82) is 0 Å². The van der Waals surface area contributed by atoms with Gasteiger partial charge in [-0.2, -0.15) is 8.75 Å². The normalized spacial score (nSPS) is 14.6. The topological polar surface area (TPSA) is 129 Å². The van der Waals surface area contributed by atoms with Crippen molar-refractivity contribution in [3.8, 4) is 0 Å². The molecule has 0 radical (unpaired) electrons. The van der Waals surface area contributed by atoms with Crippen molar-refractivity contribution in [2.24, 2.45) is 4.99 Å². The minimum atomic E-state index is -1.10. The van der Waals surface area contributed by atoms with E-state index in [-0.39, 0.29) is 5.75 Å². The third-order valence-corrected chi connectivity index (χ3v) is 5.40. The first-order chi connectivity index (χ1) is 12.5. The number of benzene rings is 1. The number of rotatable bonds is 6. The summed E-state index contributed by atoms with van der Waals surface area (Å²) in [5.74, 6) is -0.743. The Bertz CT molecular complexity index is 887. The predicted octanol–water partition coefficient (Wildman–Crippen LogP) is 1.40. The second kappa shape index (κ2) is 8.06. The number of amides is 1. The third-order valence-electron chi connectivity index (χ3n) is 3.45. The van der Waals surface area contributed by atoms with Crippen LogP contribution in [0.1, 0.15) is 6.92 Å². The Morgan fingerprint density at radius 2 is 2.23 bits per heavy atom. The molecule has 0 fully saturated rings. The van der Waals surface area contributed by atoms with Crippen LogP contribution in [0.4, 0.5) is 5.69 Å². The van der Waals surface area contributed by atoms with E-state index in [0.29, 0.717) is 39.1 Å². The van der Waals surface area contributed by atoms with Crippen LogP contribution in [-0.4, -0.2) is 56.6 Å². The van der Waals surface area contributed by atoms with Crippen LogP contribution in [0.15, 0.2) is 16.0 Å². The highest BCUT2D eigenvalue weighted by atomic mass is 35.5. The molecule has 1 atom stereocenters. The number of aliphatic imine (C=N–C) groups is 1. The average molecular weight is 415 g/mol. The molecule has 0 spiro atoms. The summed E-state index contributed by atoms with van der Waals surface area (Å²) < 4.78 is 8.59. The van der Waals surface area contributed by atoms with Gasteiger partial charge in [0.2, 0.25) is 5.91 Å². The van der Waals surface area contributed by atoms with Gasteiger partial charge >= 0.3 is 5.97 Å². The maximum Gasteiger partial charge on any atom is 0.327 e. The molecule has 0 saturated carbocycles. The molecule has 26 heavy (non-hydrogen) atoms. The number of carbonyl (C=O) groups excluding carboxylic acids is 1. The van der Waals surface area contributed by atoms with E-state index in [9.17, 15) is 14.7 Å². The fourth-order valence-electron chi connectivity index (χ4n) is 2.31. The highest BCUT2D eigenvalue weighted by molar-refractivity contribution is 7.99. The number of carboxylic acid groups (broad SMARTS) is 1. The number of fused-ring (bicyclic) bond motifs is 1. The highest BCUT2D eigenvalue weighted by Gasteiger charge is 2.22. The molecule has 1 aromatic carbocycles. The fourth-order valence-corrected chi connectivity index (χ4v) is 4.29. The SMILES string of the molecule is CC(=O)N[C@@H](CSc1cc(Cl)c(NC2=NCCN2)c2nsnc12)C(=O)O. The number of hydrogen-bond acceptors (Lipinski definition) is 9. The number of hydrogen-bond donors (Lipinski definition) is 4. The largest absolute Gasteiger partial charge is 0.480 e. The number of nitrogens with one attached hydrogen (secondary N) is 3. The Balaban J connectivity index is 1.84. The molecule has 0 saturated heterocycles. The first kappa shape index (κ1) is 18.7. The van der Waals surface area contributed by atoms with Gasteiger partial charge in [0.25, 0.3) is 0 Å². The van der Waals surface area contributed by atoms with Crippen LogP contribution in [0, 0.1) is 0 Å². The number of thioether (sulfide) groups is 1. The van der Waals surface area contributed by atoms with E-state index in [1.165, 1.54) is 18.7 Å². The van der Waals surface area contributed by atoms with Crippen LogP contribution < -0.4 is 16.0 Å². The Hall–Kier alpha value is -2.11. The zero-order valence-electron chi connectivity index (χ0n) is 13.6. The number of carbonyl (C=O) groups is 2. The molecule has 4 N–H and O–H groups in total. The summed E-state index contributed by atoms with van der Waals surface area (Å²) in [5.41, 5.74) is 1.81. The summed E-state index contributed by atoms with van der Waals surface area (Å²) in [4.78, 5) is 27.4. The van der Waals surface area contributed by atoms with Crippen LogP contribution in [0.5, 0.6) is 0 Å². The van der Waals surface area contributed by atoms with Gasteiger partial charge in [-0.1, -0.05) is 11.6 Å². The van der Waals surface area contributed by atoms with Gasteiger partial charge in [-0.25, -0.2) is 4.79 Å². The van der Waals surface area contributed by atoms with Crippen molar-refractivity contribution < 1.29 is 14.7 Å². The molecular formula is C14H15ClN6O3S2. The van der Waals surface area contributed by atoms with Gasteiger partial charge in [0, 0.05) is 24.1 Å². The minimum Gasteiger partial charge on any atom is -0.480 e. The number of aromatic nitrogens is 2. The Labute approximate surface area is 161 Å². The first-order valence-electron chi connectivity index (χ1n) is 7.58. The molecule has 3 rings (SSSR count). The number of halogens is 1. The van der Waals surface area contributed by atoms with Gasteiger partial charge in [-0.05, 0) is 6.07 Å². The van der Waals surface area contributed by atoms with E-state index in [2.05, 4.69) is 29.7 Å². The van der Waals surface area contributed by atoms with Gasteiger partial charge in [0.05, 0.1) is 29.0 Å². The smallest absolute Gasteiger partial charge is 0.327 e. The van der Waals surface area contributed by atoms with Gasteiger partial charge in [-0.3, -0.25) is 9.79 Å². The van der Waals surface area contributed by atoms with Crippen LogP contribution in [0.3, 0.4) is 0 Å². The molecule has 1 amide bonds. The van der Waals surface area contributed by atoms with Gasteiger partial charge in [-0.15, -0.1) is 11.8 Å². The fraction of sp³-hybridized carbons (Fsp3) is 0.357. The summed E-state index contributed by atoms with van der Waals surface area (Å²) in [6, 6.07) is 0.702. The van der Waals surface area contributed by atoms with Gasteiger partial charge in [0.15, 0.2) is 5.96 Å². The van der Waals surface area contributed by atoms with E-state index < -0.39 is 17.9 Å². The average Bonchev–Trinajstić information content (AvgIpc) is 3.25. The van der Waals surface area contributed by atoms with Crippen molar-refractivity contribution in [2.75, 3.05) is 24.2 Å². The number of guanidine groups is 1. The Morgan fingerprint density at radius 3 is 2.88 bits per heavy atom. The first-order valence-corrected chi connectivity index (χ1v) is 9.68. The van der Waals surface area contributed by atoms with E-state index in [1.54, 1.807) is 6.07 Å². The number of carboxylic acids is 1. The lowest BCUT2D eigenvalue weighted by Gasteiger charge is -2.14. The molecule has 0 unspecified atom stereocenters. The van der Waals surface area contributed by atoms with E-state index in [4.69, 9.17) is 11.6 Å². The number of nitrogens with zero attached hydrogens (tertiary/aromatic N) is 3. The van der Waals surface area contributed by atoms with Gasteiger partial charge in [0.1, 0.15) is 17.1 Å². The summed E-state index contributed by atoms with van der Waals surface area (Å²) >= 11 is 8.69. The Morgan fingerprint density at radius 1 is 1.46 bits per heavy atom. The summed E-state index contributed by atoms with van der Waals surface area (Å²) in [6.07, 6.45) is 0. The molecule has 1 aromatic heterocycles. The molecule has 138 valence electrons. The van der Waals surface area contributed by atoms with Crippen molar-refractivity contribution in [3.05, 3.63) is 11.1 Å². The predicted molar refractivity (Wildman–Crippen MR) is 102 cm³/mol. The van der Waals surface area contributed by atoms with E-state index in [0.717, 1.165) is 18.3 Å².